The predicted octanol–water partition coefficient (Wildman–Crippen LogP) is 7.76. The molecular formula is C22H14Br2Cl2N2O. The summed E-state index contributed by atoms with van der Waals surface area (Å²) >= 11 is 19.8. The number of hydrazone groups is 1. The van der Waals surface area contributed by atoms with Gasteiger partial charge in [0.15, 0.2) is 0 Å². The molecule has 0 saturated heterocycles. The zero-order valence-corrected chi connectivity index (χ0v) is 19.6. The summed E-state index contributed by atoms with van der Waals surface area (Å²) < 4.78 is 8.34. The number of hydrogen-bond acceptors (Lipinski definition) is 3. The van der Waals surface area contributed by atoms with Gasteiger partial charge in [0, 0.05) is 32.1 Å². The van der Waals surface area contributed by atoms with Gasteiger partial charge in [0.2, 0.25) is 6.23 Å². The van der Waals surface area contributed by atoms with Gasteiger partial charge in [-0.1, -0.05) is 69.5 Å². The number of fused-ring (bicyclic) bond motifs is 3. The van der Waals surface area contributed by atoms with E-state index in [2.05, 4.69) is 37.9 Å². The lowest BCUT2D eigenvalue weighted by atomic mass is 9.96. The first kappa shape index (κ1) is 19.4. The lowest BCUT2D eigenvalue weighted by molar-refractivity contribution is -0.0196. The lowest BCUT2D eigenvalue weighted by Crippen LogP contribution is -2.34. The maximum atomic E-state index is 6.52. The average Bonchev–Trinajstić information content (AvgIpc) is 3.14. The zero-order chi connectivity index (χ0) is 20.1. The van der Waals surface area contributed by atoms with Crippen molar-refractivity contribution < 1.29 is 4.74 Å². The van der Waals surface area contributed by atoms with Crippen LogP contribution in [-0.2, 0) is 0 Å². The Morgan fingerprint density at radius 3 is 2.48 bits per heavy atom. The van der Waals surface area contributed by atoms with Gasteiger partial charge in [-0.25, -0.2) is 5.01 Å². The maximum Gasteiger partial charge on any atom is 0.215 e. The molecule has 7 heteroatoms. The van der Waals surface area contributed by atoms with Gasteiger partial charge in [0.1, 0.15) is 5.75 Å². The fraction of sp³-hybridized carbons (Fsp3) is 0.136. The van der Waals surface area contributed by atoms with Crippen LogP contribution >= 0.6 is 55.1 Å². The van der Waals surface area contributed by atoms with Crippen LogP contribution in [0.1, 0.15) is 35.4 Å². The molecule has 0 spiro atoms. The molecule has 2 heterocycles. The van der Waals surface area contributed by atoms with E-state index < -0.39 is 6.23 Å². The molecule has 29 heavy (non-hydrogen) atoms. The van der Waals surface area contributed by atoms with Gasteiger partial charge in [-0.3, -0.25) is 0 Å². The molecule has 3 nitrogen and oxygen atoms in total. The molecule has 146 valence electrons. The highest BCUT2D eigenvalue weighted by Gasteiger charge is 2.42. The van der Waals surface area contributed by atoms with Crippen LogP contribution < -0.4 is 4.74 Å². The smallest absolute Gasteiger partial charge is 0.215 e. The van der Waals surface area contributed by atoms with E-state index >= 15 is 0 Å². The van der Waals surface area contributed by atoms with Crippen LogP contribution in [0.3, 0.4) is 0 Å². The minimum atomic E-state index is -0.413. The Morgan fingerprint density at radius 1 is 0.966 bits per heavy atom. The van der Waals surface area contributed by atoms with Crippen LogP contribution in [0.25, 0.3) is 0 Å². The van der Waals surface area contributed by atoms with Crippen molar-refractivity contribution in [2.75, 3.05) is 0 Å². The Bertz CT molecular complexity index is 1130. The van der Waals surface area contributed by atoms with Gasteiger partial charge in [0.25, 0.3) is 0 Å². The monoisotopic (exact) mass is 550 g/mol. The summed E-state index contributed by atoms with van der Waals surface area (Å²) in [6.45, 7) is 0. The van der Waals surface area contributed by atoms with Crippen LogP contribution in [0.15, 0.2) is 74.7 Å². The molecule has 5 rings (SSSR count). The molecule has 2 aliphatic rings. The van der Waals surface area contributed by atoms with Gasteiger partial charge in [-0.2, -0.15) is 5.10 Å². The third kappa shape index (κ3) is 3.48. The van der Waals surface area contributed by atoms with E-state index in [1.165, 1.54) is 0 Å². The largest absolute Gasteiger partial charge is 0.463 e. The van der Waals surface area contributed by atoms with Crippen LogP contribution in [0, 0.1) is 0 Å². The second-order valence-electron chi connectivity index (χ2n) is 6.95. The van der Waals surface area contributed by atoms with E-state index in [4.69, 9.17) is 33.0 Å². The Morgan fingerprint density at radius 2 is 1.72 bits per heavy atom. The normalized spacial score (nSPS) is 20.0. The van der Waals surface area contributed by atoms with Gasteiger partial charge < -0.3 is 4.74 Å². The minimum absolute atomic E-state index is 0.0412. The van der Waals surface area contributed by atoms with E-state index in [0.29, 0.717) is 10.0 Å². The van der Waals surface area contributed by atoms with E-state index in [9.17, 15) is 0 Å². The highest BCUT2D eigenvalue weighted by Crippen LogP contribution is 2.51. The number of rotatable bonds is 2. The number of ether oxygens (including phenoxy) is 1. The Labute approximate surface area is 195 Å². The molecule has 0 saturated carbocycles. The summed E-state index contributed by atoms with van der Waals surface area (Å²) in [6, 6.07) is 19.7. The molecular weight excluding hydrogens is 539 g/mol. The zero-order valence-electron chi connectivity index (χ0n) is 14.9. The highest BCUT2D eigenvalue weighted by molar-refractivity contribution is 9.11. The first-order valence-electron chi connectivity index (χ1n) is 9.03. The average molecular weight is 553 g/mol. The molecule has 0 aromatic heterocycles. The standard InChI is InChI=1S/C22H14Br2Cl2N2O/c23-13-9-16-20-11-19(12-5-7-14(25)8-6-12)27-28(20)22(29-21(16)17(24)10-13)15-3-1-2-4-18(15)26/h1-10,20,22H,11H2/t20-,22-/m0/s1. The summed E-state index contributed by atoms with van der Waals surface area (Å²) in [5, 5.41) is 8.34. The Hall–Kier alpha value is -1.53. The number of nitrogens with zero attached hydrogens (tertiary/aromatic N) is 2. The second-order valence-corrected chi connectivity index (χ2v) is 9.56. The molecule has 0 unspecified atom stereocenters. The lowest BCUT2D eigenvalue weighted by Gasteiger charge is -2.39. The molecule has 0 N–H and O–H groups in total. The van der Waals surface area contributed by atoms with E-state index in [1.807, 2.05) is 59.6 Å². The molecule has 0 bridgehead atoms. The summed E-state index contributed by atoms with van der Waals surface area (Å²) in [4.78, 5) is 0. The van der Waals surface area contributed by atoms with Crippen LogP contribution in [0.2, 0.25) is 10.0 Å². The van der Waals surface area contributed by atoms with Gasteiger partial charge in [0.05, 0.1) is 16.2 Å². The Kier molecular flexibility index (Phi) is 5.11. The predicted molar refractivity (Wildman–Crippen MR) is 124 cm³/mol. The van der Waals surface area contributed by atoms with Crippen molar-refractivity contribution in [3.63, 3.8) is 0 Å². The molecule has 0 aliphatic carbocycles. The van der Waals surface area contributed by atoms with Crippen LogP contribution in [0.4, 0.5) is 0 Å². The van der Waals surface area contributed by atoms with Crippen molar-refractivity contribution in [2.45, 2.75) is 18.7 Å². The molecule has 3 aromatic rings. The first-order valence-corrected chi connectivity index (χ1v) is 11.4. The minimum Gasteiger partial charge on any atom is -0.463 e. The van der Waals surface area contributed by atoms with Crippen molar-refractivity contribution in [1.82, 2.24) is 5.01 Å². The van der Waals surface area contributed by atoms with Crippen molar-refractivity contribution >= 4 is 60.8 Å². The topological polar surface area (TPSA) is 24.8 Å². The summed E-state index contributed by atoms with van der Waals surface area (Å²) in [6.07, 6.45) is 0.352. The SMILES string of the molecule is Clc1ccc(C2=NN3[C@@H](C2)c2cc(Br)cc(Br)c2O[C@H]3c2ccccc2Cl)cc1. The van der Waals surface area contributed by atoms with E-state index in [0.717, 1.165) is 43.5 Å². The van der Waals surface area contributed by atoms with Gasteiger partial charge in [-0.05, 0) is 51.8 Å². The number of hydrogen-bond donors (Lipinski definition) is 0. The van der Waals surface area contributed by atoms with Crippen molar-refractivity contribution in [1.29, 1.82) is 0 Å². The van der Waals surface area contributed by atoms with Crippen molar-refractivity contribution in [3.05, 3.63) is 96.3 Å². The summed E-state index contributed by atoms with van der Waals surface area (Å²) in [5.41, 5.74) is 4.02. The molecule has 0 fully saturated rings. The third-order valence-electron chi connectivity index (χ3n) is 5.16. The Balaban J connectivity index is 1.65. The van der Waals surface area contributed by atoms with Crippen molar-refractivity contribution in [3.8, 4) is 5.75 Å². The molecule has 0 radical (unpaired) electrons. The molecule has 0 amide bonds. The number of halogens is 4. The van der Waals surface area contributed by atoms with Gasteiger partial charge in [-0.15, -0.1) is 0 Å². The fourth-order valence-corrected chi connectivity index (χ4v) is 5.52. The second kappa shape index (κ2) is 7.62. The number of benzene rings is 3. The van der Waals surface area contributed by atoms with Crippen LogP contribution in [-0.4, -0.2) is 10.7 Å². The van der Waals surface area contributed by atoms with Gasteiger partial charge >= 0.3 is 0 Å². The van der Waals surface area contributed by atoms with E-state index in [-0.39, 0.29) is 6.04 Å². The van der Waals surface area contributed by atoms with E-state index in [1.54, 1.807) is 0 Å². The van der Waals surface area contributed by atoms with Crippen LogP contribution in [0.5, 0.6) is 5.75 Å². The fourth-order valence-electron chi connectivity index (χ4n) is 3.81. The third-order valence-corrected chi connectivity index (χ3v) is 6.80. The molecule has 2 atom stereocenters. The quantitative estimate of drug-likeness (QED) is 0.324. The maximum absolute atomic E-state index is 6.52. The highest BCUT2D eigenvalue weighted by atomic mass is 79.9. The molecule has 3 aromatic carbocycles. The summed E-state index contributed by atoms with van der Waals surface area (Å²) in [5.74, 6) is 0.826. The van der Waals surface area contributed by atoms with Crippen molar-refractivity contribution in [2.24, 2.45) is 5.10 Å². The first-order chi connectivity index (χ1) is 14.0. The molecule has 2 aliphatic heterocycles. The summed E-state index contributed by atoms with van der Waals surface area (Å²) in [7, 11) is 0.